The summed E-state index contributed by atoms with van der Waals surface area (Å²) < 4.78 is 42.7. The summed E-state index contributed by atoms with van der Waals surface area (Å²) in [6.07, 6.45) is -3.24. The van der Waals surface area contributed by atoms with Gasteiger partial charge in [0.25, 0.3) is 5.89 Å². The number of fused-ring (bicyclic) bond motifs is 1. The van der Waals surface area contributed by atoms with Crippen molar-refractivity contribution in [1.82, 2.24) is 14.8 Å². The van der Waals surface area contributed by atoms with Crippen LogP contribution in [-0.2, 0) is 22.5 Å². The van der Waals surface area contributed by atoms with E-state index in [2.05, 4.69) is 23.7 Å². The number of ether oxygens (including phenoxy) is 1. The van der Waals surface area contributed by atoms with Crippen molar-refractivity contribution < 1.29 is 37.0 Å². The number of likely N-dealkylation sites (tertiary alicyclic amines) is 1. The summed E-state index contributed by atoms with van der Waals surface area (Å²) >= 11 is 0. The molecule has 28 heavy (non-hydrogen) atoms. The summed E-state index contributed by atoms with van der Waals surface area (Å²) in [5, 5.41) is 7.12. The average molecular weight is 407 g/mol. The third kappa shape index (κ3) is 5.44. The molecule has 1 N–H and O–H groups in total. The Morgan fingerprint density at radius 1 is 1.32 bits per heavy atom. The second kappa shape index (κ2) is 8.91. The van der Waals surface area contributed by atoms with Crippen molar-refractivity contribution >= 4 is 11.9 Å². The van der Waals surface area contributed by atoms with Crippen LogP contribution in [0.2, 0.25) is 0 Å². The molecule has 0 radical (unpaired) electrons. The largest absolute Gasteiger partial charge is 0.490 e. The van der Waals surface area contributed by atoms with E-state index in [-0.39, 0.29) is 17.9 Å². The summed E-state index contributed by atoms with van der Waals surface area (Å²) in [5.74, 6) is -1.76. The summed E-state index contributed by atoms with van der Waals surface area (Å²) in [6.45, 7) is 7.41. The molecule has 1 unspecified atom stereocenters. The maximum atomic E-state index is 12.4. The number of amides is 1. The third-order valence-electron chi connectivity index (χ3n) is 4.68. The SMILES string of the molecule is COC1CCN(C(=O)c2nc3c(o2)CCN(C(C)C)C3)C1.O=C(O)C(F)(F)F. The molecule has 0 spiro atoms. The van der Waals surface area contributed by atoms with Gasteiger partial charge in [-0.2, -0.15) is 13.2 Å². The predicted molar refractivity (Wildman–Crippen MR) is 90.8 cm³/mol. The number of hydrogen-bond donors (Lipinski definition) is 1. The Hall–Kier alpha value is -2.14. The van der Waals surface area contributed by atoms with Gasteiger partial charge in [0, 0.05) is 45.8 Å². The fourth-order valence-corrected chi connectivity index (χ4v) is 2.99. The zero-order valence-electron chi connectivity index (χ0n) is 16.0. The molecule has 1 aromatic heterocycles. The lowest BCUT2D eigenvalue weighted by molar-refractivity contribution is -0.192. The fraction of sp³-hybridized carbons (Fsp3) is 0.706. The number of rotatable bonds is 3. The number of carbonyl (C=O) groups is 2. The number of methoxy groups -OCH3 is 1. The number of oxazole rings is 1. The van der Waals surface area contributed by atoms with Crippen molar-refractivity contribution in [3.8, 4) is 0 Å². The topological polar surface area (TPSA) is 96.1 Å². The molecule has 0 aromatic carbocycles. The Labute approximate surface area is 160 Å². The van der Waals surface area contributed by atoms with Crippen LogP contribution >= 0.6 is 0 Å². The summed E-state index contributed by atoms with van der Waals surface area (Å²) in [6, 6.07) is 0.482. The van der Waals surface area contributed by atoms with E-state index >= 15 is 0 Å². The Kier molecular flexibility index (Phi) is 7.05. The maximum absolute atomic E-state index is 12.4. The van der Waals surface area contributed by atoms with Gasteiger partial charge in [-0.1, -0.05) is 0 Å². The van der Waals surface area contributed by atoms with Crippen molar-refractivity contribution in [2.45, 2.75) is 51.6 Å². The minimum atomic E-state index is -5.08. The number of carboxylic acids is 1. The summed E-state index contributed by atoms with van der Waals surface area (Å²) in [7, 11) is 1.68. The van der Waals surface area contributed by atoms with Crippen LogP contribution < -0.4 is 0 Å². The van der Waals surface area contributed by atoms with Gasteiger partial charge in [-0.3, -0.25) is 9.69 Å². The Bertz CT molecular complexity index is 705. The van der Waals surface area contributed by atoms with E-state index in [0.29, 0.717) is 19.1 Å². The first-order chi connectivity index (χ1) is 13.0. The Morgan fingerprint density at radius 2 is 1.96 bits per heavy atom. The van der Waals surface area contributed by atoms with E-state index in [9.17, 15) is 18.0 Å². The molecule has 3 heterocycles. The fourth-order valence-electron chi connectivity index (χ4n) is 2.99. The zero-order chi connectivity index (χ0) is 21.1. The number of carboxylic acid groups (broad SMARTS) is 1. The first-order valence-corrected chi connectivity index (χ1v) is 8.87. The number of halogens is 3. The molecular formula is C17H24F3N3O5. The van der Waals surface area contributed by atoms with E-state index in [4.69, 9.17) is 19.1 Å². The molecule has 1 amide bonds. The molecular weight excluding hydrogens is 383 g/mol. The third-order valence-corrected chi connectivity index (χ3v) is 4.68. The lowest BCUT2D eigenvalue weighted by Gasteiger charge is -2.28. The van der Waals surface area contributed by atoms with Crippen LogP contribution in [0.15, 0.2) is 4.42 Å². The van der Waals surface area contributed by atoms with Crippen molar-refractivity contribution in [3.05, 3.63) is 17.3 Å². The lowest BCUT2D eigenvalue weighted by Crippen LogP contribution is -2.35. The number of aliphatic carboxylic acids is 1. The normalized spacial score (nSPS) is 20.0. The van der Waals surface area contributed by atoms with Crippen LogP contribution in [0.5, 0.6) is 0 Å². The van der Waals surface area contributed by atoms with Crippen molar-refractivity contribution in [1.29, 1.82) is 0 Å². The minimum Gasteiger partial charge on any atom is -0.475 e. The first-order valence-electron chi connectivity index (χ1n) is 8.87. The lowest BCUT2D eigenvalue weighted by atomic mass is 10.1. The van der Waals surface area contributed by atoms with Gasteiger partial charge in [0.2, 0.25) is 0 Å². The van der Waals surface area contributed by atoms with Crippen LogP contribution in [0.25, 0.3) is 0 Å². The van der Waals surface area contributed by atoms with Crippen LogP contribution in [0.1, 0.15) is 42.4 Å². The van der Waals surface area contributed by atoms with Crippen molar-refractivity contribution in [2.24, 2.45) is 0 Å². The van der Waals surface area contributed by atoms with Gasteiger partial charge in [0.15, 0.2) is 0 Å². The second-order valence-corrected chi connectivity index (χ2v) is 6.90. The molecule has 1 saturated heterocycles. The van der Waals surface area contributed by atoms with Crippen LogP contribution in [0.4, 0.5) is 13.2 Å². The minimum absolute atomic E-state index is 0.111. The van der Waals surface area contributed by atoms with Gasteiger partial charge in [0.05, 0.1) is 11.8 Å². The first kappa shape index (κ1) is 22.2. The van der Waals surface area contributed by atoms with E-state index in [1.54, 1.807) is 12.0 Å². The highest BCUT2D eigenvalue weighted by atomic mass is 19.4. The van der Waals surface area contributed by atoms with Crippen molar-refractivity contribution in [2.75, 3.05) is 26.7 Å². The molecule has 0 bridgehead atoms. The highest BCUT2D eigenvalue weighted by molar-refractivity contribution is 5.90. The predicted octanol–water partition coefficient (Wildman–Crippen LogP) is 1.94. The molecule has 1 atom stereocenters. The second-order valence-electron chi connectivity index (χ2n) is 6.90. The van der Waals surface area contributed by atoms with E-state index < -0.39 is 12.1 Å². The Balaban J connectivity index is 0.000000345. The molecule has 11 heteroatoms. The molecule has 0 saturated carbocycles. The quantitative estimate of drug-likeness (QED) is 0.818. The number of hydrogen-bond acceptors (Lipinski definition) is 6. The van der Waals surface area contributed by atoms with Gasteiger partial charge in [-0.05, 0) is 20.3 Å². The molecule has 1 fully saturated rings. The Morgan fingerprint density at radius 3 is 2.46 bits per heavy atom. The summed E-state index contributed by atoms with van der Waals surface area (Å²) in [4.78, 5) is 29.9. The highest BCUT2D eigenvalue weighted by Crippen LogP contribution is 2.23. The number of alkyl halides is 3. The van der Waals surface area contributed by atoms with E-state index in [1.807, 2.05) is 0 Å². The standard InChI is InChI=1S/C15H23N3O3.C2HF3O2/c1-10(2)17-7-5-13-12(9-17)16-14(21-13)15(19)18-6-4-11(8-18)20-3;3-2(4,5)1(6)7/h10-11H,4-9H2,1-3H3;(H,6,7). The van der Waals surface area contributed by atoms with Crippen LogP contribution in [0.3, 0.4) is 0 Å². The molecule has 2 aliphatic heterocycles. The summed E-state index contributed by atoms with van der Waals surface area (Å²) in [5.41, 5.74) is 0.917. The molecule has 8 nitrogen and oxygen atoms in total. The maximum Gasteiger partial charge on any atom is 0.490 e. The van der Waals surface area contributed by atoms with E-state index in [1.165, 1.54) is 0 Å². The van der Waals surface area contributed by atoms with Crippen molar-refractivity contribution in [3.63, 3.8) is 0 Å². The highest BCUT2D eigenvalue weighted by Gasteiger charge is 2.38. The van der Waals surface area contributed by atoms with Crippen LogP contribution in [0, 0.1) is 0 Å². The van der Waals surface area contributed by atoms with Gasteiger partial charge in [-0.15, -0.1) is 0 Å². The zero-order valence-corrected chi connectivity index (χ0v) is 16.0. The molecule has 0 aliphatic carbocycles. The number of carbonyl (C=O) groups excluding carboxylic acids is 1. The average Bonchev–Trinajstić information content (AvgIpc) is 3.26. The van der Waals surface area contributed by atoms with E-state index in [0.717, 1.165) is 37.4 Å². The van der Waals surface area contributed by atoms with Gasteiger partial charge in [0.1, 0.15) is 5.76 Å². The molecule has 3 rings (SSSR count). The van der Waals surface area contributed by atoms with Crippen LogP contribution in [-0.4, -0.2) is 76.8 Å². The molecule has 2 aliphatic rings. The van der Waals surface area contributed by atoms with Gasteiger partial charge in [-0.25, -0.2) is 9.78 Å². The monoisotopic (exact) mass is 407 g/mol. The smallest absolute Gasteiger partial charge is 0.475 e. The van der Waals surface area contributed by atoms with Gasteiger partial charge >= 0.3 is 18.1 Å². The molecule has 1 aromatic rings. The number of nitrogens with zero attached hydrogens (tertiary/aromatic N) is 3. The van der Waals surface area contributed by atoms with Gasteiger partial charge < -0.3 is 19.2 Å². The number of aromatic nitrogens is 1. The molecule has 158 valence electrons.